The molecule has 0 aliphatic heterocycles. The number of amides is 1. The second kappa shape index (κ2) is 7.04. The molecule has 0 saturated heterocycles. The van der Waals surface area contributed by atoms with Crippen molar-refractivity contribution in [2.75, 3.05) is 23.9 Å². The van der Waals surface area contributed by atoms with E-state index < -0.39 is 0 Å². The molecular formula is C16H18N2O2S. The molecule has 21 heavy (non-hydrogen) atoms. The maximum Gasteiger partial charge on any atom is 0.259 e. The highest BCUT2D eigenvalue weighted by molar-refractivity contribution is 7.99. The van der Waals surface area contributed by atoms with Gasteiger partial charge in [-0.1, -0.05) is 25.1 Å². The van der Waals surface area contributed by atoms with E-state index in [0.29, 0.717) is 17.0 Å². The average molecular weight is 302 g/mol. The number of rotatable bonds is 5. The first-order chi connectivity index (χ1) is 10.2. The lowest BCUT2D eigenvalue weighted by molar-refractivity contribution is 0.102. The van der Waals surface area contributed by atoms with E-state index in [4.69, 9.17) is 10.5 Å². The molecule has 0 bridgehead atoms. The summed E-state index contributed by atoms with van der Waals surface area (Å²) in [7, 11) is 1.50. The van der Waals surface area contributed by atoms with Crippen molar-refractivity contribution in [2.45, 2.75) is 11.8 Å². The molecule has 2 rings (SSSR count). The van der Waals surface area contributed by atoms with Crippen LogP contribution >= 0.6 is 11.8 Å². The highest BCUT2D eigenvalue weighted by atomic mass is 32.2. The van der Waals surface area contributed by atoms with Gasteiger partial charge in [0.25, 0.3) is 5.91 Å². The molecular weight excluding hydrogens is 284 g/mol. The summed E-state index contributed by atoms with van der Waals surface area (Å²) in [6, 6.07) is 12.9. The van der Waals surface area contributed by atoms with E-state index in [1.165, 1.54) is 7.11 Å². The van der Waals surface area contributed by atoms with E-state index >= 15 is 0 Å². The molecule has 0 aromatic heterocycles. The zero-order chi connectivity index (χ0) is 15.2. The maximum absolute atomic E-state index is 12.4. The number of nitrogens with two attached hydrogens (primary N) is 1. The zero-order valence-electron chi connectivity index (χ0n) is 12.1. The molecule has 0 spiro atoms. The second-order valence-electron chi connectivity index (χ2n) is 4.31. The summed E-state index contributed by atoms with van der Waals surface area (Å²) >= 11 is 1.68. The van der Waals surface area contributed by atoms with Crippen molar-refractivity contribution in [2.24, 2.45) is 0 Å². The lowest BCUT2D eigenvalue weighted by Crippen LogP contribution is -2.14. The van der Waals surface area contributed by atoms with Crippen LogP contribution in [-0.4, -0.2) is 18.8 Å². The summed E-state index contributed by atoms with van der Waals surface area (Å²) in [5.41, 5.74) is 7.49. The summed E-state index contributed by atoms with van der Waals surface area (Å²) in [5.74, 6) is 1.10. The fourth-order valence-corrected chi connectivity index (χ4v) is 2.76. The molecule has 0 unspecified atom stereocenters. The summed E-state index contributed by atoms with van der Waals surface area (Å²) < 4.78 is 5.22. The number of hydrogen-bond donors (Lipinski definition) is 2. The zero-order valence-corrected chi connectivity index (χ0v) is 12.9. The van der Waals surface area contributed by atoms with Gasteiger partial charge in [0, 0.05) is 4.90 Å². The SMILES string of the molecule is CCSc1ccccc1NC(=O)c1cccc(N)c1OC. The third kappa shape index (κ3) is 3.49. The predicted octanol–water partition coefficient (Wildman–Crippen LogP) is 3.64. The van der Waals surface area contributed by atoms with Gasteiger partial charge in [-0.3, -0.25) is 4.79 Å². The molecule has 0 heterocycles. The highest BCUT2D eigenvalue weighted by Gasteiger charge is 2.15. The third-order valence-electron chi connectivity index (χ3n) is 2.93. The van der Waals surface area contributed by atoms with Gasteiger partial charge < -0.3 is 15.8 Å². The molecule has 2 aromatic rings. The molecule has 0 fully saturated rings. The van der Waals surface area contributed by atoms with Crippen molar-refractivity contribution < 1.29 is 9.53 Å². The number of para-hydroxylation sites is 2. The van der Waals surface area contributed by atoms with Crippen LogP contribution in [-0.2, 0) is 0 Å². The van der Waals surface area contributed by atoms with Crippen LogP contribution in [0.3, 0.4) is 0 Å². The number of hydrogen-bond acceptors (Lipinski definition) is 4. The number of methoxy groups -OCH3 is 1. The monoisotopic (exact) mass is 302 g/mol. The van der Waals surface area contributed by atoms with Gasteiger partial charge in [-0.25, -0.2) is 0 Å². The molecule has 1 amide bonds. The number of ether oxygens (including phenoxy) is 1. The molecule has 0 saturated carbocycles. The van der Waals surface area contributed by atoms with E-state index in [-0.39, 0.29) is 5.91 Å². The molecule has 0 aliphatic carbocycles. The Morgan fingerprint density at radius 1 is 1.24 bits per heavy atom. The Morgan fingerprint density at radius 2 is 2.00 bits per heavy atom. The molecule has 0 atom stereocenters. The third-order valence-corrected chi connectivity index (χ3v) is 3.89. The molecule has 110 valence electrons. The standard InChI is InChI=1S/C16H18N2O2S/c1-3-21-14-10-5-4-9-13(14)18-16(19)11-7-6-8-12(17)15(11)20-2/h4-10H,3,17H2,1-2H3,(H,18,19). The first-order valence-electron chi connectivity index (χ1n) is 6.63. The Kier molecular flexibility index (Phi) is 5.11. The maximum atomic E-state index is 12.4. The van der Waals surface area contributed by atoms with Gasteiger partial charge in [-0.15, -0.1) is 11.8 Å². The van der Waals surface area contributed by atoms with Crippen LogP contribution in [0.5, 0.6) is 5.75 Å². The molecule has 0 aliphatic rings. The Bertz CT molecular complexity index is 644. The number of thioether (sulfide) groups is 1. The number of anilines is 2. The van der Waals surface area contributed by atoms with Gasteiger partial charge in [-0.05, 0) is 30.0 Å². The topological polar surface area (TPSA) is 64.4 Å². The summed E-state index contributed by atoms with van der Waals surface area (Å²) in [4.78, 5) is 13.5. The van der Waals surface area contributed by atoms with Crippen molar-refractivity contribution in [3.8, 4) is 5.75 Å². The Hall–Kier alpha value is -2.14. The molecule has 4 nitrogen and oxygen atoms in total. The lowest BCUT2D eigenvalue weighted by atomic mass is 10.1. The minimum Gasteiger partial charge on any atom is -0.494 e. The van der Waals surface area contributed by atoms with Crippen LogP contribution in [0.25, 0.3) is 0 Å². The number of nitrogens with one attached hydrogen (secondary N) is 1. The second-order valence-corrected chi connectivity index (χ2v) is 5.62. The van der Waals surface area contributed by atoms with Crippen LogP contribution in [0.15, 0.2) is 47.4 Å². The molecule has 0 radical (unpaired) electrons. The fourth-order valence-electron chi connectivity index (χ4n) is 2.00. The smallest absolute Gasteiger partial charge is 0.259 e. The quantitative estimate of drug-likeness (QED) is 0.654. The normalized spacial score (nSPS) is 10.2. The molecule has 3 N–H and O–H groups in total. The number of nitrogen functional groups attached to an aromatic ring is 1. The number of benzene rings is 2. The van der Waals surface area contributed by atoms with Crippen LogP contribution in [0.2, 0.25) is 0 Å². The van der Waals surface area contributed by atoms with Gasteiger partial charge in [0.05, 0.1) is 24.0 Å². The van der Waals surface area contributed by atoms with Gasteiger partial charge in [0.15, 0.2) is 5.75 Å². The average Bonchev–Trinajstić information content (AvgIpc) is 2.49. The van der Waals surface area contributed by atoms with Crippen LogP contribution in [0.1, 0.15) is 17.3 Å². The van der Waals surface area contributed by atoms with Gasteiger partial charge >= 0.3 is 0 Å². The number of carbonyl (C=O) groups is 1. The number of carbonyl (C=O) groups excluding carboxylic acids is 1. The van der Waals surface area contributed by atoms with E-state index in [0.717, 1.165) is 16.3 Å². The fraction of sp³-hybridized carbons (Fsp3) is 0.188. The largest absolute Gasteiger partial charge is 0.494 e. The Balaban J connectivity index is 2.29. The van der Waals surface area contributed by atoms with Gasteiger partial charge in [0.1, 0.15) is 0 Å². The first kappa shape index (κ1) is 15.3. The van der Waals surface area contributed by atoms with E-state index in [9.17, 15) is 4.79 Å². The summed E-state index contributed by atoms with van der Waals surface area (Å²) in [5, 5.41) is 2.92. The van der Waals surface area contributed by atoms with Gasteiger partial charge in [0.2, 0.25) is 0 Å². The van der Waals surface area contributed by atoms with E-state index in [2.05, 4.69) is 12.2 Å². The van der Waals surface area contributed by atoms with Crippen molar-refractivity contribution in [1.82, 2.24) is 0 Å². The molecule has 2 aromatic carbocycles. The minimum atomic E-state index is -0.233. The summed E-state index contributed by atoms with van der Waals surface area (Å²) in [6.07, 6.45) is 0. The predicted molar refractivity (Wildman–Crippen MR) is 88.2 cm³/mol. The highest BCUT2D eigenvalue weighted by Crippen LogP contribution is 2.30. The van der Waals surface area contributed by atoms with E-state index in [1.807, 2.05) is 24.3 Å². The van der Waals surface area contributed by atoms with Crippen LogP contribution in [0, 0.1) is 0 Å². The van der Waals surface area contributed by atoms with E-state index in [1.54, 1.807) is 30.0 Å². The van der Waals surface area contributed by atoms with Crippen molar-refractivity contribution in [3.63, 3.8) is 0 Å². The summed E-state index contributed by atoms with van der Waals surface area (Å²) in [6.45, 7) is 2.07. The van der Waals surface area contributed by atoms with Crippen LogP contribution < -0.4 is 15.8 Å². The first-order valence-corrected chi connectivity index (χ1v) is 7.61. The Morgan fingerprint density at radius 3 is 2.71 bits per heavy atom. The van der Waals surface area contributed by atoms with Gasteiger partial charge in [-0.2, -0.15) is 0 Å². The molecule has 5 heteroatoms. The Labute approximate surface area is 128 Å². The van der Waals surface area contributed by atoms with Crippen molar-refractivity contribution in [1.29, 1.82) is 0 Å². The minimum absolute atomic E-state index is 0.233. The van der Waals surface area contributed by atoms with Crippen LogP contribution in [0.4, 0.5) is 11.4 Å². The lowest BCUT2D eigenvalue weighted by Gasteiger charge is -2.13. The van der Waals surface area contributed by atoms with Crippen molar-refractivity contribution >= 4 is 29.0 Å². The van der Waals surface area contributed by atoms with Crippen molar-refractivity contribution in [3.05, 3.63) is 48.0 Å².